The lowest BCUT2D eigenvalue weighted by molar-refractivity contribution is -0.135. The van der Waals surface area contributed by atoms with Crippen molar-refractivity contribution in [3.8, 4) is 46.0 Å². The first-order valence-electron chi connectivity index (χ1n) is 45.5. The number of nitrogens with one attached hydrogen (secondary N) is 3. The number of nitrogens with zero attached hydrogens (tertiary/aromatic N) is 5. The topological polar surface area (TPSA) is 461 Å². The van der Waals surface area contributed by atoms with E-state index in [4.69, 9.17) is 61.5 Å². The van der Waals surface area contributed by atoms with Gasteiger partial charge in [-0.2, -0.15) is 0 Å². The van der Waals surface area contributed by atoms with E-state index in [9.17, 15) is 79.2 Å². The van der Waals surface area contributed by atoms with Gasteiger partial charge >= 0.3 is 23.9 Å². The third kappa shape index (κ3) is 36.7. The SMILES string of the molecule is O=C(CO/N=C1/C=C/CC/C=C/CCOC(=O)c2c(O)cc(O)c(Cl)c2C1)NC1CCCCC1.O=C(CO/N=C1/C=C/CC/C=C/CCOC(=O)c2c(O)cc(O)cc2C1)NC1CCCCC1.O=C(CO/N=C1\C=C\CC/C=C/CCOC(=O)c2c(O)cc(O)c(Cl)c2C1)NC1CCCCC1.O=C1OCC/C=C/CC/C=C/C(=N\OCC(=O)N2CC=CCC2)Cc2cc(O)cc(O)c21. The number of benzene rings is 4. The highest BCUT2D eigenvalue weighted by atomic mass is 35.5. The predicted octanol–water partition coefficient (Wildman–Crippen LogP) is 16.3. The number of amides is 4. The number of halogens is 2. The molecule has 0 aromatic heterocycles. The summed E-state index contributed by atoms with van der Waals surface area (Å²) in [7, 11) is 0. The highest BCUT2D eigenvalue weighted by Crippen LogP contribution is 2.40. The Labute approximate surface area is 784 Å². The van der Waals surface area contributed by atoms with Crippen LogP contribution < -0.4 is 16.0 Å². The largest absolute Gasteiger partial charge is 0.508 e. The molecule has 0 bridgehead atoms. The molecule has 3 fully saturated rings. The number of carbonyl (C=O) groups excluding carboxylic acids is 8. The van der Waals surface area contributed by atoms with Gasteiger partial charge in [-0.3, -0.25) is 19.2 Å². The van der Waals surface area contributed by atoms with Gasteiger partial charge in [-0.1, -0.05) is 187 Å². The van der Waals surface area contributed by atoms with Gasteiger partial charge in [-0.25, -0.2) is 19.2 Å². The van der Waals surface area contributed by atoms with E-state index in [-0.39, 0.29) is 198 Å². The fraction of sp³-hybridized carbons (Fsp3) is 0.455. The van der Waals surface area contributed by atoms with Crippen molar-refractivity contribution in [1.82, 2.24) is 20.9 Å². The summed E-state index contributed by atoms with van der Waals surface area (Å²) in [6.45, 7) is 0.954. The summed E-state index contributed by atoms with van der Waals surface area (Å²) < 4.78 is 21.1. The summed E-state index contributed by atoms with van der Waals surface area (Å²) in [4.78, 5) is 122. The van der Waals surface area contributed by atoms with E-state index in [0.717, 1.165) is 159 Å². The highest BCUT2D eigenvalue weighted by Gasteiger charge is 2.30. The lowest BCUT2D eigenvalue weighted by atomic mass is 9.95. The maximum absolute atomic E-state index is 12.7. The van der Waals surface area contributed by atoms with Crippen molar-refractivity contribution in [1.29, 1.82) is 0 Å². The molecule has 5 heterocycles. The van der Waals surface area contributed by atoms with Crippen molar-refractivity contribution in [3.63, 3.8) is 0 Å². The number of rotatable bonds is 15. The van der Waals surface area contributed by atoms with Gasteiger partial charge < -0.3 is 100 Å². The number of esters is 4. The van der Waals surface area contributed by atoms with Crippen LogP contribution in [0.1, 0.15) is 243 Å². The minimum Gasteiger partial charge on any atom is -0.508 e. The Balaban J connectivity index is 0.000000199. The monoisotopic (exact) mass is 1880 g/mol. The number of aromatic hydroxyl groups is 8. The Kier molecular flexibility index (Phi) is 44.9. The molecular formula is C99H122Cl2N8O24. The fourth-order valence-corrected chi connectivity index (χ4v) is 15.9. The summed E-state index contributed by atoms with van der Waals surface area (Å²) in [5.74, 6) is -6.47. The molecule has 0 saturated heterocycles. The lowest BCUT2D eigenvalue weighted by Gasteiger charge is -2.22. The average molecular weight is 1880 g/mol. The van der Waals surface area contributed by atoms with Crippen LogP contribution in [0.4, 0.5) is 0 Å². The molecule has 12 rings (SSSR count). The molecule has 0 radical (unpaired) electrons. The number of carbonyl (C=O) groups is 8. The van der Waals surface area contributed by atoms with Crippen molar-refractivity contribution >= 4 is 93.6 Å². The lowest BCUT2D eigenvalue weighted by Crippen LogP contribution is -2.38. The van der Waals surface area contributed by atoms with Gasteiger partial charge in [-0.15, -0.1) is 0 Å². The maximum Gasteiger partial charge on any atom is 0.342 e. The number of phenols is 8. The first-order chi connectivity index (χ1) is 64.5. The first-order valence-corrected chi connectivity index (χ1v) is 46.3. The molecule has 8 aliphatic rings. The zero-order valence-corrected chi connectivity index (χ0v) is 76.4. The smallest absolute Gasteiger partial charge is 0.342 e. The first kappa shape index (κ1) is 104. The van der Waals surface area contributed by atoms with E-state index in [2.05, 4.69) is 36.6 Å². The summed E-state index contributed by atoms with van der Waals surface area (Å²) >= 11 is 12.6. The van der Waals surface area contributed by atoms with Gasteiger partial charge in [0.05, 0.1) is 59.3 Å². The Morgan fingerprint density at radius 1 is 0.338 bits per heavy atom. The van der Waals surface area contributed by atoms with Crippen LogP contribution in [-0.4, -0.2) is 200 Å². The van der Waals surface area contributed by atoms with Crippen LogP contribution in [0.15, 0.2) is 166 Å². The van der Waals surface area contributed by atoms with E-state index < -0.39 is 35.4 Å². The van der Waals surface area contributed by atoms with E-state index in [0.29, 0.717) is 72.7 Å². The molecule has 5 aliphatic heterocycles. The van der Waals surface area contributed by atoms with Gasteiger partial charge in [0.2, 0.25) is 0 Å². The third-order valence-corrected chi connectivity index (χ3v) is 22.9. The normalized spacial score (nSPS) is 21.1. The quantitative estimate of drug-likeness (QED) is 0.0228. The van der Waals surface area contributed by atoms with Crippen molar-refractivity contribution in [2.75, 3.05) is 65.9 Å². The summed E-state index contributed by atoms with van der Waals surface area (Å²) in [6, 6.07) is 7.50. The molecule has 133 heavy (non-hydrogen) atoms. The van der Waals surface area contributed by atoms with Gasteiger partial charge in [0.15, 0.2) is 26.4 Å². The maximum atomic E-state index is 12.7. The Bertz CT molecular complexity index is 4870. The van der Waals surface area contributed by atoms with E-state index in [1.807, 2.05) is 85.1 Å². The second-order valence-electron chi connectivity index (χ2n) is 32.6. The summed E-state index contributed by atoms with van der Waals surface area (Å²) in [6.07, 6.45) is 59.8. The van der Waals surface area contributed by atoms with Crippen LogP contribution in [0.3, 0.4) is 0 Å². The Morgan fingerprint density at radius 3 is 0.947 bits per heavy atom. The molecule has 716 valence electrons. The average Bonchev–Trinajstić information content (AvgIpc) is 0.796. The molecule has 32 nitrogen and oxygen atoms in total. The molecule has 4 aromatic carbocycles. The number of hydrogen-bond acceptors (Lipinski definition) is 28. The third-order valence-electron chi connectivity index (χ3n) is 22.1. The minimum absolute atomic E-state index is 0.0232. The number of allylic oxidation sites excluding steroid dienone is 12. The molecule has 3 aliphatic carbocycles. The number of phenolic OH excluding ortho intramolecular Hbond substituents is 8. The van der Waals surface area contributed by atoms with Crippen molar-refractivity contribution in [2.45, 2.75) is 224 Å². The van der Waals surface area contributed by atoms with Gasteiger partial charge in [0.25, 0.3) is 23.6 Å². The van der Waals surface area contributed by atoms with Gasteiger partial charge in [0.1, 0.15) is 68.2 Å². The zero-order chi connectivity index (χ0) is 94.9. The van der Waals surface area contributed by atoms with Crippen LogP contribution in [0.25, 0.3) is 0 Å². The second kappa shape index (κ2) is 57.5. The molecule has 34 heteroatoms. The predicted molar refractivity (Wildman–Crippen MR) is 503 cm³/mol. The number of hydrogen-bond donors (Lipinski definition) is 11. The molecule has 11 N–H and O–H groups in total. The Morgan fingerprint density at radius 2 is 0.624 bits per heavy atom. The van der Waals surface area contributed by atoms with Crippen molar-refractivity contribution in [2.24, 2.45) is 20.6 Å². The standard InChI is InChI=1S/2C25H31ClN2O6.C25H32N2O6.C24H28N2O6/c2*26-24-19-14-18(28-34-16-22(31)27-17-10-7-5-8-11-17)12-6-3-1-2-4-9-13-33-25(32)23(19)20(29)15-21(24)30;28-21-15-18-14-20(27-33-17-23(30)26-19-10-7-5-8-11-19)12-6-3-1-2-4-9-13-32-25(31)24(18)22(29)16-21;27-20-15-18-14-19(25-32-17-22(29)26-11-7-5-8-12-26)10-6-3-1-2-4-9-13-31-24(30)23(18)21(28)16-20/h2*2,4,6,12,15,17,29-30H,1,3,5,7-11,13-14,16H2,(H,27,31);2,4,6,12,15-16,19,28-29H,1,3,5,7-11,13-14,17H2,(H,26,30);2,4-7,10,15-16,27-28H,1,3,8-9,11-14,17H2/b4-2+,12-6+,28-18+;4-2+,12-6+,28-18-;4-2+,12-6+,27-20-;4-2+,10-6+,25-19+. The van der Waals surface area contributed by atoms with E-state index in [1.165, 1.54) is 31.4 Å². The fourth-order valence-electron chi connectivity index (χ4n) is 15.4. The number of cyclic esters (lactones) is 4. The van der Waals surface area contributed by atoms with Gasteiger partial charge in [-0.05, 0) is 181 Å². The molecule has 3 saturated carbocycles. The molecule has 4 aromatic rings. The molecule has 4 amide bonds. The van der Waals surface area contributed by atoms with Crippen LogP contribution in [0.5, 0.6) is 46.0 Å². The van der Waals surface area contributed by atoms with Crippen LogP contribution in [0.2, 0.25) is 10.0 Å². The summed E-state index contributed by atoms with van der Waals surface area (Å²) in [5.41, 5.74) is 2.32. The van der Waals surface area contributed by atoms with Crippen LogP contribution >= 0.6 is 23.2 Å². The molecule has 0 spiro atoms. The number of fused-ring (bicyclic) bond motifs is 4. The van der Waals surface area contributed by atoms with Crippen LogP contribution in [0, 0.1) is 0 Å². The van der Waals surface area contributed by atoms with Crippen LogP contribution in [-0.2, 0) is 83.2 Å². The zero-order valence-electron chi connectivity index (χ0n) is 74.9. The Hall–Kier alpha value is -12.8. The highest BCUT2D eigenvalue weighted by molar-refractivity contribution is 6.34. The number of oxime groups is 4. The van der Waals surface area contributed by atoms with E-state index >= 15 is 0 Å². The second-order valence-corrected chi connectivity index (χ2v) is 33.4. The number of ether oxygens (including phenoxy) is 4. The van der Waals surface area contributed by atoms with Crippen molar-refractivity contribution < 1.29 is 118 Å². The molecular weight excluding hydrogens is 1760 g/mol. The minimum atomic E-state index is -0.754. The summed E-state index contributed by atoms with van der Waals surface area (Å²) in [5, 5.41) is 106. The van der Waals surface area contributed by atoms with Gasteiger partial charge in [0, 0.05) is 81.2 Å². The van der Waals surface area contributed by atoms with E-state index in [1.54, 1.807) is 29.2 Å². The van der Waals surface area contributed by atoms with Crippen molar-refractivity contribution in [3.05, 3.63) is 200 Å². The molecule has 0 atom stereocenters. The molecule has 0 unspecified atom stereocenters.